The van der Waals surface area contributed by atoms with Crippen molar-refractivity contribution in [1.29, 1.82) is 0 Å². The summed E-state index contributed by atoms with van der Waals surface area (Å²) < 4.78 is 60.2. The molecule has 0 bridgehead atoms. The number of rotatable bonds is 8. The Morgan fingerprint density at radius 2 is 1.46 bits per heavy atom. The minimum atomic E-state index is -1.75. The van der Waals surface area contributed by atoms with E-state index in [1.807, 2.05) is 0 Å². The molecule has 1 unspecified atom stereocenters. The van der Waals surface area contributed by atoms with Gasteiger partial charge in [0.05, 0.1) is 21.0 Å². The molecule has 1 aliphatic heterocycles. The van der Waals surface area contributed by atoms with Crippen LogP contribution in [-0.4, -0.2) is 54.4 Å². The summed E-state index contributed by atoms with van der Waals surface area (Å²) >= 11 is 0. The molecule has 0 saturated carbocycles. The molecule has 0 radical (unpaired) electrons. The Morgan fingerprint density at radius 1 is 0.923 bits per heavy atom. The number of alkyl halides is 5. The summed E-state index contributed by atoms with van der Waals surface area (Å²) in [6, 6.07) is 0. The third-order valence-corrected chi connectivity index (χ3v) is 3.15. The van der Waals surface area contributed by atoms with Gasteiger partial charge >= 0.3 is 0 Å². The van der Waals surface area contributed by atoms with Crippen molar-refractivity contribution in [1.82, 2.24) is 0 Å². The molecular formula is C18H40F6O2. The van der Waals surface area contributed by atoms with Gasteiger partial charge in [0.2, 0.25) is 6.93 Å². The van der Waals surface area contributed by atoms with Crippen molar-refractivity contribution in [3.8, 4) is 0 Å². The fourth-order valence-electron chi connectivity index (χ4n) is 1.78. The van der Waals surface area contributed by atoms with Crippen molar-refractivity contribution in [2.24, 2.45) is 5.92 Å². The molecule has 8 heteroatoms. The summed E-state index contributed by atoms with van der Waals surface area (Å²) in [6.07, 6.45) is 7.75. The smallest absolute Gasteiger partial charge is 0.229 e. The van der Waals surface area contributed by atoms with Crippen LogP contribution in [0.1, 0.15) is 58.8 Å². The monoisotopic (exact) mass is 402 g/mol. The highest BCUT2D eigenvalue weighted by atomic mass is 19.3. The van der Waals surface area contributed by atoms with Gasteiger partial charge in [-0.1, -0.05) is 26.7 Å². The van der Waals surface area contributed by atoms with E-state index in [0.29, 0.717) is 20.8 Å². The Bertz CT molecular complexity index is 166. The van der Waals surface area contributed by atoms with Gasteiger partial charge in [-0.25, -0.2) is 8.78 Å². The molecule has 0 amide bonds. The van der Waals surface area contributed by atoms with E-state index >= 15 is 0 Å². The molecule has 1 atom stereocenters. The SMILES string of the molecule is CCC1CCCOC1.CCCCOCCCCF.CF.CF.F.FCF. The lowest BCUT2D eigenvalue weighted by Crippen LogP contribution is -2.15. The summed E-state index contributed by atoms with van der Waals surface area (Å²) in [4.78, 5) is 0. The van der Waals surface area contributed by atoms with Crippen LogP contribution in [0, 0.1) is 5.92 Å². The van der Waals surface area contributed by atoms with Crippen LogP contribution in [0.25, 0.3) is 0 Å². The minimum Gasteiger partial charge on any atom is -0.381 e. The van der Waals surface area contributed by atoms with Crippen molar-refractivity contribution in [3.05, 3.63) is 0 Å². The standard InChI is InChI=1S/C8H17FO.C7H14O.CH2F2.2CH3F.FH/c1-2-3-7-10-8-5-4-6-9;1-2-7-4-3-5-8-6-7;2-1-3;2*1-2;/h2-8H2,1H3;7H,2-6H2,1H3;1H2;2*1H3;1H. The number of hydrogen-bond donors (Lipinski definition) is 0. The topological polar surface area (TPSA) is 18.5 Å². The highest BCUT2D eigenvalue weighted by molar-refractivity contribution is 4.59. The Hall–Kier alpha value is -0.500. The summed E-state index contributed by atoms with van der Waals surface area (Å²) in [5.41, 5.74) is 0. The summed E-state index contributed by atoms with van der Waals surface area (Å²) in [6.45, 7) is 5.97. The van der Waals surface area contributed by atoms with Gasteiger partial charge in [-0.2, -0.15) is 0 Å². The van der Waals surface area contributed by atoms with Crippen LogP contribution in [0.2, 0.25) is 0 Å². The molecule has 0 aromatic heterocycles. The van der Waals surface area contributed by atoms with Crippen molar-refractivity contribution in [2.75, 3.05) is 54.4 Å². The van der Waals surface area contributed by atoms with Crippen LogP contribution >= 0.6 is 0 Å². The van der Waals surface area contributed by atoms with E-state index < -0.39 is 6.93 Å². The molecule has 1 heterocycles. The zero-order valence-electron chi connectivity index (χ0n) is 16.9. The maximum atomic E-state index is 11.5. The fourth-order valence-corrected chi connectivity index (χ4v) is 1.78. The number of hydrogen-bond acceptors (Lipinski definition) is 2. The first kappa shape index (κ1) is 36.4. The van der Waals surface area contributed by atoms with Gasteiger partial charge < -0.3 is 9.47 Å². The highest BCUT2D eigenvalue weighted by Crippen LogP contribution is 2.15. The van der Waals surface area contributed by atoms with E-state index in [1.165, 1.54) is 25.7 Å². The van der Waals surface area contributed by atoms with Crippen LogP contribution < -0.4 is 0 Å². The summed E-state index contributed by atoms with van der Waals surface area (Å²) in [7, 11) is 1.00. The van der Waals surface area contributed by atoms with Gasteiger partial charge in [-0.05, 0) is 38.0 Å². The van der Waals surface area contributed by atoms with Crippen LogP contribution in [0.15, 0.2) is 0 Å². The Balaban J connectivity index is -0.0000000824. The molecule has 0 aliphatic carbocycles. The molecule has 26 heavy (non-hydrogen) atoms. The van der Waals surface area contributed by atoms with Gasteiger partial charge in [-0.3, -0.25) is 17.9 Å². The van der Waals surface area contributed by atoms with Gasteiger partial charge in [0.25, 0.3) is 0 Å². The number of halogens is 6. The molecule has 0 N–H and O–H groups in total. The Labute approximate surface area is 156 Å². The number of unbranched alkanes of at least 4 members (excludes halogenated alkanes) is 2. The second-order valence-electron chi connectivity index (χ2n) is 4.95. The Kier molecular flexibility index (Phi) is 61.9. The first-order chi connectivity index (χ1) is 12.3. The highest BCUT2D eigenvalue weighted by Gasteiger charge is 2.10. The van der Waals surface area contributed by atoms with E-state index in [4.69, 9.17) is 9.47 Å². The Morgan fingerprint density at radius 3 is 1.81 bits per heavy atom. The molecule has 1 rings (SSSR count). The zero-order chi connectivity index (χ0) is 20.2. The molecule has 166 valence electrons. The molecule has 2 nitrogen and oxygen atoms in total. The van der Waals surface area contributed by atoms with Crippen LogP contribution in [0.5, 0.6) is 0 Å². The van der Waals surface area contributed by atoms with E-state index in [2.05, 4.69) is 13.8 Å². The molecular weight excluding hydrogens is 362 g/mol. The lowest BCUT2D eigenvalue weighted by atomic mass is 10.0. The van der Waals surface area contributed by atoms with E-state index in [0.717, 1.165) is 45.2 Å². The van der Waals surface area contributed by atoms with Crippen molar-refractivity contribution < 1.29 is 36.1 Å². The van der Waals surface area contributed by atoms with Crippen molar-refractivity contribution >= 4 is 0 Å². The largest absolute Gasteiger partial charge is 0.381 e. The first-order valence-electron chi connectivity index (χ1n) is 8.85. The van der Waals surface area contributed by atoms with Crippen molar-refractivity contribution in [2.45, 2.75) is 58.8 Å². The van der Waals surface area contributed by atoms with Crippen LogP contribution in [-0.2, 0) is 9.47 Å². The third-order valence-electron chi connectivity index (χ3n) is 3.15. The second-order valence-corrected chi connectivity index (χ2v) is 4.95. The van der Waals surface area contributed by atoms with Gasteiger partial charge in [-0.15, -0.1) is 0 Å². The normalized spacial score (nSPS) is 14.4. The lowest BCUT2D eigenvalue weighted by Gasteiger charge is -2.19. The average Bonchev–Trinajstić information content (AvgIpc) is 2.69. The maximum Gasteiger partial charge on any atom is 0.229 e. The molecule has 0 aromatic carbocycles. The molecule has 1 fully saturated rings. The van der Waals surface area contributed by atoms with E-state index in [-0.39, 0.29) is 11.4 Å². The molecule has 0 spiro atoms. The zero-order valence-corrected chi connectivity index (χ0v) is 16.9. The average molecular weight is 403 g/mol. The second kappa shape index (κ2) is 44.2. The predicted molar refractivity (Wildman–Crippen MR) is 98.4 cm³/mol. The maximum absolute atomic E-state index is 11.5. The predicted octanol–water partition coefficient (Wildman–Crippen LogP) is 6.58. The van der Waals surface area contributed by atoms with Gasteiger partial charge in [0.1, 0.15) is 0 Å². The third kappa shape index (κ3) is 43.7. The van der Waals surface area contributed by atoms with E-state index in [9.17, 15) is 22.0 Å². The van der Waals surface area contributed by atoms with Crippen molar-refractivity contribution in [3.63, 3.8) is 0 Å². The molecule has 0 aromatic rings. The first-order valence-corrected chi connectivity index (χ1v) is 8.85. The quantitative estimate of drug-likeness (QED) is 0.337. The van der Waals surface area contributed by atoms with Gasteiger partial charge in [0, 0.05) is 26.4 Å². The summed E-state index contributed by atoms with van der Waals surface area (Å²) in [5, 5.41) is 0. The minimum absolute atomic E-state index is 0. The fraction of sp³-hybridized carbons (Fsp3) is 1.00. The lowest BCUT2D eigenvalue weighted by molar-refractivity contribution is 0.0535. The number of ether oxygens (including phenoxy) is 2. The molecule has 1 saturated heterocycles. The van der Waals surface area contributed by atoms with E-state index in [1.54, 1.807) is 0 Å². The summed E-state index contributed by atoms with van der Waals surface area (Å²) in [5.74, 6) is 0.865. The van der Waals surface area contributed by atoms with Crippen LogP contribution in [0.3, 0.4) is 0 Å². The van der Waals surface area contributed by atoms with Crippen LogP contribution in [0.4, 0.5) is 26.7 Å². The molecule has 1 aliphatic rings. The van der Waals surface area contributed by atoms with Gasteiger partial charge in [0.15, 0.2) is 0 Å².